The van der Waals surface area contributed by atoms with Crippen molar-refractivity contribution in [3.05, 3.63) is 53.2 Å². The number of aryl methyl sites for hydroxylation is 1. The Balaban J connectivity index is 1.65. The summed E-state index contributed by atoms with van der Waals surface area (Å²) in [6.45, 7) is 2.39. The van der Waals surface area contributed by atoms with Crippen LogP contribution in [-0.2, 0) is 10.0 Å². The molecular formula is C17H17N3O3S2. The average molecular weight is 375 g/mol. The molecular weight excluding hydrogens is 358 g/mol. The fourth-order valence-electron chi connectivity index (χ4n) is 2.99. The molecule has 2 aromatic heterocycles. The molecule has 3 heterocycles. The molecule has 1 aliphatic heterocycles. The normalized spacial score (nSPS) is 18.7. The van der Waals surface area contributed by atoms with Crippen molar-refractivity contribution in [3.8, 4) is 10.8 Å². The van der Waals surface area contributed by atoms with Crippen LogP contribution in [0.3, 0.4) is 0 Å². The van der Waals surface area contributed by atoms with Gasteiger partial charge < -0.3 is 4.42 Å². The molecule has 0 spiro atoms. The SMILES string of the molecule is Cc1ccc(S(=O)(=O)N2CCCC2c2nnc(-c3cccs3)o2)cc1. The van der Waals surface area contributed by atoms with Gasteiger partial charge in [0.05, 0.1) is 9.77 Å². The minimum absolute atomic E-state index is 0.294. The fraction of sp³-hybridized carbons (Fsp3) is 0.294. The minimum Gasteiger partial charge on any atom is -0.418 e. The number of rotatable bonds is 4. The summed E-state index contributed by atoms with van der Waals surface area (Å²) in [5.74, 6) is 0.793. The number of thiophene rings is 1. The molecule has 3 aromatic rings. The van der Waals surface area contributed by atoms with Crippen molar-refractivity contribution in [1.29, 1.82) is 0 Å². The quantitative estimate of drug-likeness (QED) is 0.696. The predicted molar refractivity (Wildman–Crippen MR) is 94.7 cm³/mol. The van der Waals surface area contributed by atoms with Crippen LogP contribution < -0.4 is 0 Å². The molecule has 1 atom stereocenters. The summed E-state index contributed by atoms with van der Waals surface area (Å²) in [5.41, 5.74) is 1.02. The van der Waals surface area contributed by atoms with Crippen molar-refractivity contribution in [2.75, 3.05) is 6.54 Å². The molecule has 1 unspecified atom stereocenters. The molecule has 4 rings (SSSR count). The summed E-state index contributed by atoms with van der Waals surface area (Å²) in [7, 11) is -3.59. The van der Waals surface area contributed by atoms with Gasteiger partial charge in [0.25, 0.3) is 5.89 Å². The van der Waals surface area contributed by atoms with Crippen LogP contribution in [-0.4, -0.2) is 29.5 Å². The van der Waals surface area contributed by atoms with E-state index in [2.05, 4.69) is 10.2 Å². The Hall–Kier alpha value is -2.03. The highest BCUT2D eigenvalue weighted by atomic mass is 32.2. The summed E-state index contributed by atoms with van der Waals surface area (Å²) in [6, 6.07) is 10.3. The zero-order chi connectivity index (χ0) is 17.4. The second-order valence-electron chi connectivity index (χ2n) is 6.01. The number of sulfonamides is 1. The molecule has 8 heteroatoms. The van der Waals surface area contributed by atoms with Crippen molar-refractivity contribution < 1.29 is 12.8 Å². The third kappa shape index (κ3) is 3.01. The highest BCUT2D eigenvalue weighted by Crippen LogP contribution is 2.37. The van der Waals surface area contributed by atoms with Gasteiger partial charge in [-0.3, -0.25) is 0 Å². The van der Waals surface area contributed by atoms with E-state index in [0.29, 0.717) is 29.6 Å². The van der Waals surface area contributed by atoms with E-state index in [1.165, 1.54) is 15.6 Å². The van der Waals surface area contributed by atoms with Crippen LogP contribution >= 0.6 is 11.3 Å². The standard InChI is InChI=1S/C17H17N3O3S2/c1-12-6-8-13(9-7-12)25(21,22)20-10-2-4-14(20)16-18-19-17(23-16)15-5-3-11-24-15/h3,5-9,11,14H,2,4,10H2,1H3. The summed E-state index contributed by atoms with van der Waals surface area (Å²) in [4.78, 5) is 1.17. The van der Waals surface area contributed by atoms with Crippen LogP contribution in [0.15, 0.2) is 51.1 Å². The van der Waals surface area contributed by atoms with Gasteiger partial charge in [0.1, 0.15) is 6.04 Å². The summed E-state index contributed by atoms with van der Waals surface area (Å²) in [6.07, 6.45) is 1.45. The third-order valence-corrected chi connectivity index (χ3v) is 7.07. The lowest BCUT2D eigenvalue weighted by molar-refractivity contribution is 0.332. The van der Waals surface area contributed by atoms with Crippen molar-refractivity contribution in [3.63, 3.8) is 0 Å². The van der Waals surface area contributed by atoms with Crippen LogP contribution in [0.2, 0.25) is 0 Å². The van der Waals surface area contributed by atoms with E-state index in [9.17, 15) is 8.42 Å². The number of nitrogens with zero attached hydrogens (tertiary/aromatic N) is 3. The van der Waals surface area contributed by atoms with E-state index >= 15 is 0 Å². The van der Waals surface area contributed by atoms with Gasteiger partial charge in [-0.15, -0.1) is 21.5 Å². The molecule has 1 aromatic carbocycles. The lowest BCUT2D eigenvalue weighted by Crippen LogP contribution is -2.30. The van der Waals surface area contributed by atoms with Crippen molar-refractivity contribution in [2.24, 2.45) is 0 Å². The van der Waals surface area contributed by atoms with Gasteiger partial charge in [-0.2, -0.15) is 4.31 Å². The lowest BCUT2D eigenvalue weighted by Gasteiger charge is -2.21. The highest BCUT2D eigenvalue weighted by Gasteiger charge is 2.39. The molecule has 1 saturated heterocycles. The Bertz CT molecular complexity index is 963. The lowest BCUT2D eigenvalue weighted by atomic mass is 10.2. The maximum Gasteiger partial charge on any atom is 0.257 e. The molecule has 6 nitrogen and oxygen atoms in total. The Labute approximate surface area is 150 Å². The zero-order valence-corrected chi connectivity index (χ0v) is 15.3. The van der Waals surface area contributed by atoms with Gasteiger partial charge in [0.15, 0.2) is 0 Å². The predicted octanol–water partition coefficient (Wildman–Crippen LogP) is 3.63. The smallest absolute Gasteiger partial charge is 0.257 e. The summed E-state index contributed by atoms with van der Waals surface area (Å²) < 4.78 is 33.3. The van der Waals surface area contributed by atoms with E-state index in [1.54, 1.807) is 24.3 Å². The number of benzene rings is 1. The maximum absolute atomic E-state index is 13.0. The molecule has 1 fully saturated rings. The Morgan fingerprint density at radius 2 is 2.00 bits per heavy atom. The van der Waals surface area contributed by atoms with E-state index in [-0.39, 0.29) is 0 Å². The third-order valence-electron chi connectivity index (χ3n) is 4.29. The zero-order valence-electron chi connectivity index (χ0n) is 13.6. The molecule has 1 aliphatic rings. The molecule has 0 bridgehead atoms. The molecule has 0 N–H and O–H groups in total. The monoisotopic (exact) mass is 375 g/mol. The minimum atomic E-state index is -3.59. The molecule has 25 heavy (non-hydrogen) atoms. The van der Waals surface area contributed by atoms with Crippen LogP contribution in [0.5, 0.6) is 0 Å². The van der Waals surface area contributed by atoms with Crippen LogP contribution in [0.1, 0.15) is 30.3 Å². The maximum atomic E-state index is 13.0. The van der Waals surface area contributed by atoms with Crippen LogP contribution in [0, 0.1) is 6.92 Å². The first-order chi connectivity index (χ1) is 12.1. The second-order valence-corrected chi connectivity index (χ2v) is 8.85. The highest BCUT2D eigenvalue weighted by molar-refractivity contribution is 7.89. The first kappa shape index (κ1) is 16.4. The van der Waals surface area contributed by atoms with Gasteiger partial charge in [-0.1, -0.05) is 23.8 Å². The van der Waals surface area contributed by atoms with E-state index in [1.807, 2.05) is 24.4 Å². The van der Waals surface area contributed by atoms with E-state index < -0.39 is 16.1 Å². The summed E-state index contributed by atoms with van der Waals surface area (Å²) >= 11 is 1.51. The van der Waals surface area contributed by atoms with Gasteiger partial charge in [-0.05, 0) is 43.3 Å². The Morgan fingerprint density at radius 3 is 2.72 bits per heavy atom. The van der Waals surface area contributed by atoms with Crippen molar-refractivity contribution in [1.82, 2.24) is 14.5 Å². The average Bonchev–Trinajstić information content (AvgIpc) is 3.34. The number of hydrogen-bond acceptors (Lipinski definition) is 6. The van der Waals surface area contributed by atoms with Crippen LogP contribution in [0.4, 0.5) is 0 Å². The first-order valence-corrected chi connectivity index (χ1v) is 10.3. The number of aromatic nitrogens is 2. The Kier molecular flexibility index (Phi) is 4.18. The van der Waals surface area contributed by atoms with E-state index in [4.69, 9.17) is 4.42 Å². The summed E-state index contributed by atoms with van der Waals surface area (Å²) in [5, 5.41) is 10.1. The largest absolute Gasteiger partial charge is 0.418 e. The fourth-order valence-corrected chi connectivity index (χ4v) is 5.28. The Morgan fingerprint density at radius 1 is 1.20 bits per heavy atom. The molecule has 0 amide bonds. The van der Waals surface area contributed by atoms with E-state index in [0.717, 1.165) is 16.9 Å². The van der Waals surface area contributed by atoms with Gasteiger partial charge in [0.2, 0.25) is 15.9 Å². The molecule has 0 radical (unpaired) electrons. The van der Waals surface area contributed by atoms with Crippen molar-refractivity contribution >= 4 is 21.4 Å². The molecule has 0 saturated carbocycles. The van der Waals surface area contributed by atoms with Crippen molar-refractivity contribution in [2.45, 2.75) is 30.7 Å². The van der Waals surface area contributed by atoms with Gasteiger partial charge in [-0.25, -0.2) is 8.42 Å². The first-order valence-electron chi connectivity index (χ1n) is 8.01. The number of hydrogen-bond donors (Lipinski definition) is 0. The van der Waals surface area contributed by atoms with Gasteiger partial charge >= 0.3 is 0 Å². The molecule has 0 aliphatic carbocycles. The second kappa shape index (κ2) is 6.36. The molecule has 130 valence electrons. The topological polar surface area (TPSA) is 76.3 Å². The van der Waals surface area contributed by atoms with Crippen LogP contribution in [0.25, 0.3) is 10.8 Å². The van der Waals surface area contributed by atoms with Gasteiger partial charge in [0, 0.05) is 6.54 Å².